The average molecular weight is 300 g/mol. The Kier molecular flexibility index (Phi) is 4.31. The number of hydrogen-bond acceptors (Lipinski definition) is 2. The highest BCUT2D eigenvalue weighted by molar-refractivity contribution is 7.12. The van der Waals surface area contributed by atoms with E-state index in [0.717, 1.165) is 22.7 Å². The molecule has 1 aromatic carbocycles. The Morgan fingerprint density at radius 1 is 1.22 bits per heavy atom. The van der Waals surface area contributed by atoms with Gasteiger partial charge in [-0.25, -0.2) is 4.98 Å². The molecular weight excluding hydrogens is 285 g/mol. The number of hydrogen-bond donors (Lipinski definition) is 0. The number of aryl methyl sites for hydroxylation is 1. The molecule has 0 spiro atoms. The Bertz CT molecular complexity index is 561. The Balaban J connectivity index is 2.45. The second-order valence-corrected chi connectivity index (χ2v) is 6.83. The molecule has 18 heavy (non-hydrogen) atoms. The van der Waals surface area contributed by atoms with Gasteiger partial charge >= 0.3 is 0 Å². The molecule has 1 aromatic heterocycles. The van der Waals surface area contributed by atoms with Gasteiger partial charge in [0.15, 0.2) is 0 Å². The van der Waals surface area contributed by atoms with E-state index in [1.54, 1.807) is 11.3 Å². The Labute approximate surface area is 122 Å². The van der Waals surface area contributed by atoms with Gasteiger partial charge in [0.25, 0.3) is 0 Å². The molecule has 0 amide bonds. The van der Waals surface area contributed by atoms with Gasteiger partial charge in [0.2, 0.25) is 0 Å². The predicted octanol–water partition coefficient (Wildman–Crippen LogP) is 5.62. The van der Waals surface area contributed by atoms with Gasteiger partial charge in [-0.05, 0) is 31.4 Å². The highest BCUT2D eigenvalue weighted by Gasteiger charge is 2.13. The zero-order valence-electron chi connectivity index (χ0n) is 10.6. The minimum atomic E-state index is 0.579. The first-order chi connectivity index (χ1) is 8.47. The maximum Gasteiger partial charge on any atom is 0.0904 e. The summed E-state index contributed by atoms with van der Waals surface area (Å²) in [6, 6.07) is 5.70. The topological polar surface area (TPSA) is 12.9 Å². The van der Waals surface area contributed by atoms with Crippen LogP contribution in [0.2, 0.25) is 10.0 Å². The van der Waals surface area contributed by atoms with Crippen molar-refractivity contribution in [1.29, 1.82) is 0 Å². The Hall–Kier alpha value is -0.570. The third-order valence-corrected chi connectivity index (χ3v) is 4.32. The van der Waals surface area contributed by atoms with Crippen molar-refractivity contribution in [3.05, 3.63) is 38.1 Å². The third-order valence-electron chi connectivity index (χ3n) is 2.59. The monoisotopic (exact) mass is 299 g/mol. The van der Waals surface area contributed by atoms with Crippen LogP contribution in [0.15, 0.2) is 18.2 Å². The van der Waals surface area contributed by atoms with Crippen LogP contribution in [0.1, 0.15) is 23.7 Å². The molecule has 2 aromatic rings. The molecule has 0 radical (unpaired) electrons. The molecule has 0 atom stereocenters. The first-order valence-electron chi connectivity index (χ1n) is 5.89. The van der Waals surface area contributed by atoms with Gasteiger partial charge in [-0.2, -0.15) is 0 Å². The fourth-order valence-electron chi connectivity index (χ4n) is 1.85. The quantitative estimate of drug-likeness (QED) is 0.716. The van der Waals surface area contributed by atoms with E-state index in [1.807, 2.05) is 25.1 Å². The summed E-state index contributed by atoms with van der Waals surface area (Å²) in [6.45, 7) is 6.47. The number of aromatic nitrogens is 1. The second kappa shape index (κ2) is 5.60. The van der Waals surface area contributed by atoms with Crippen LogP contribution in [0, 0.1) is 12.8 Å². The van der Waals surface area contributed by atoms with Gasteiger partial charge < -0.3 is 0 Å². The summed E-state index contributed by atoms with van der Waals surface area (Å²) in [5, 5.41) is 2.25. The SMILES string of the molecule is Cc1nc(-c2ccc(Cl)c(Cl)c2)c(CC(C)C)s1. The van der Waals surface area contributed by atoms with Crippen molar-refractivity contribution < 1.29 is 0 Å². The molecule has 0 aliphatic rings. The maximum atomic E-state index is 6.07. The number of halogens is 2. The lowest BCUT2D eigenvalue weighted by atomic mass is 10.0. The lowest BCUT2D eigenvalue weighted by Crippen LogP contribution is -1.93. The zero-order chi connectivity index (χ0) is 13.3. The van der Waals surface area contributed by atoms with Crippen molar-refractivity contribution in [3.8, 4) is 11.3 Å². The van der Waals surface area contributed by atoms with Gasteiger partial charge in [0, 0.05) is 10.4 Å². The molecule has 0 unspecified atom stereocenters. The standard InChI is InChI=1S/C14H15Cl2NS/c1-8(2)6-13-14(17-9(3)18-13)10-4-5-11(15)12(16)7-10/h4-5,7-8H,6H2,1-3H3. The number of thiazole rings is 1. The van der Waals surface area contributed by atoms with E-state index in [-0.39, 0.29) is 0 Å². The summed E-state index contributed by atoms with van der Waals surface area (Å²) in [5.41, 5.74) is 2.09. The molecule has 0 bridgehead atoms. The van der Waals surface area contributed by atoms with Gasteiger partial charge in [0.05, 0.1) is 20.7 Å². The highest BCUT2D eigenvalue weighted by atomic mass is 35.5. The molecule has 2 rings (SSSR count). The number of rotatable bonds is 3. The summed E-state index contributed by atoms with van der Waals surface area (Å²) in [4.78, 5) is 5.94. The molecule has 0 saturated heterocycles. The van der Waals surface area contributed by atoms with Crippen molar-refractivity contribution in [2.75, 3.05) is 0 Å². The fourth-order valence-corrected chi connectivity index (χ4v) is 3.32. The molecule has 4 heteroatoms. The van der Waals surface area contributed by atoms with Gasteiger partial charge in [-0.15, -0.1) is 11.3 Å². The molecule has 96 valence electrons. The summed E-state index contributed by atoms with van der Waals surface area (Å²) in [7, 11) is 0. The molecule has 1 nitrogen and oxygen atoms in total. The van der Waals surface area contributed by atoms with E-state index >= 15 is 0 Å². The van der Waals surface area contributed by atoms with Gasteiger partial charge in [-0.1, -0.05) is 43.1 Å². The highest BCUT2D eigenvalue weighted by Crippen LogP contribution is 2.33. The summed E-state index contributed by atoms with van der Waals surface area (Å²) in [5.74, 6) is 0.617. The minimum Gasteiger partial charge on any atom is -0.241 e. The van der Waals surface area contributed by atoms with E-state index in [0.29, 0.717) is 16.0 Å². The summed E-state index contributed by atoms with van der Waals surface area (Å²) in [6.07, 6.45) is 1.04. The lowest BCUT2D eigenvalue weighted by Gasteiger charge is -2.06. The summed E-state index contributed by atoms with van der Waals surface area (Å²) >= 11 is 13.8. The van der Waals surface area contributed by atoms with Crippen LogP contribution in [-0.2, 0) is 6.42 Å². The number of nitrogens with zero attached hydrogens (tertiary/aromatic N) is 1. The van der Waals surface area contributed by atoms with E-state index in [9.17, 15) is 0 Å². The molecule has 0 N–H and O–H groups in total. The van der Waals surface area contributed by atoms with E-state index in [1.165, 1.54) is 4.88 Å². The van der Waals surface area contributed by atoms with Crippen LogP contribution in [0.25, 0.3) is 11.3 Å². The van der Waals surface area contributed by atoms with E-state index in [2.05, 4.69) is 18.8 Å². The fraction of sp³-hybridized carbons (Fsp3) is 0.357. The van der Waals surface area contributed by atoms with Crippen molar-refractivity contribution in [2.45, 2.75) is 27.2 Å². The number of benzene rings is 1. The first kappa shape index (κ1) is 13.9. The summed E-state index contributed by atoms with van der Waals surface area (Å²) < 4.78 is 0. The van der Waals surface area contributed by atoms with Crippen molar-refractivity contribution in [2.24, 2.45) is 5.92 Å². The first-order valence-corrected chi connectivity index (χ1v) is 7.46. The van der Waals surface area contributed by atoms with Crippen LogP contribution < -0.4 is 0 Å². The largest absolute Gasteiger partial charge is 0.241 e. The van der Waals surface area contributed by atoms with Crippen molar-refractivity contribution >= 4 is 34.5 Å². The molecule has 0 fully saturated rings. The molecular formula is C14H15Cl2NS. The molecule has 0 saturated carbocycles. The Morgan fingerprint density at radius 2 is 1.94 bits per heavy atom. The second-order valence-electron chi connectivity index (χ2n) is 4.73. The van der Waals surface area contributed by atoms with Crippen LogP contribution in [0.4, 0.5) is 0 Å². The van der Waals surface area contributed by atoms with Crippen molar-refractivity contribution in [3.63, 3.8) is 0 Å². The molecule has 0 aliphatic heterocycles. The van der Waals surface area contributed by atoms with Gasteiger partial charge in [0.1, 0.15) is 0 Å². The van der Waals surface area contributed by atoms with Crippen LogP contribution in [-0.4, -0.2) is 4.98 Å². The van der Waals surface area contributed by atoms with Crippen LogP contribution in [0.3, 0.4) is 0 Å². The van der Waals surface area contributed by atoms with Crippen molar-refractivity contribution in [1.82, 2.24) is 4.98 Å². The van der Waals surface area contributed by atoms with E-state index in [4.69, 9.17) is 23.2 Å². The Morgan fingerprint density at radius 3 is 2.56 bits per heavy atom. The predicted molar refractivity (Wildman–Crippen MR) is 80.8 cm³/mol. The minimum absolute atomic E-state index is 0.579. The van der Waals surface area contributed by atoms with E-state index < -0.39 is 0 Å². The van der Waals surface area contributed by atoms with Crippen LogP contribution in [0.5, 0.6) is 0 Å². The van der Waals surface area contributed by atoms with Crippen LogP contribution >= 0.6 is 34.5 Å². The lowest BCUT2D eigenvalue weighted by molar-refractivity contribution is 0.654. The average Bonchev–Trinajstić information content (AvgIpc) is 2.62. The molecule has 1 heterocycles. The van der Waals surface area contributed by atoms with Gasteiger partial charge in [-0.3, -0.25) is 0 Å². The normalized spacial score (nSPS) is 11.2. The smallest absolute Gasteiger partial charge is 0.0904 e. The third kappa shape index (κ3) is 3.05. The maximum absolute atomic E-state index is 6.07. The molecule has 0 aliphatic carbocycles. The zero-order valence-corrected chi connectivity index (χ0v) is 13.0.